The van der Waals surface area contributed by atoms with Gasteiger partial charge in [-0.05, 0) is 37.1 Å². The first-order valence-electron chi connectivity index (χ1n) is 8.27. The molecule has 1 aromatic rings. The minimum Gasteiger partial charge on any atom is -0.372 e. The average molecular weight is 338 g/mol. The summed E-state index contributed by atoms with van der Waals surface area (Å²) in [6, 6.07) is 3.99. The molecule has 2 aliphatic rings. The van der Waals surface area contributed by atoms with Crippen LogP contribution >= 0.6 is 11.3 Å². The molecule has 1 aromatic heterocycles. The zero-order valence-electron chi connectivity index (χ0n) is 13.2. The number of carbonyl (C=O) groups is 2. The summed E-state index contributed by atoms with van der Waals surface area (Å²) in [7, 11) is 0. The molecule has 0 bridgehead atoms. The molecule has 2 heterocycles. The van der Waals surface area contributed by atoms with E-state index in [2.05, 4.69) is 16.7 Å². The Morgan fingerprint density at radius 1 is 1.35 bits per heavy atom. The lowest BCUT2D eigenvalue weighted by Crippen LogP contribution is -3.13. The van der Waals surface area contributed by atoms with Crippen LogP contribution in [0.15, 0.2) is 17.5 Å². The van der Waals surface area contributed by atoms with Crippen molar-refractivity contribution < 1.29 is 19.2 Å². The molecule has 3 N–H and O–H groups in total. The molecule has 1 aliphatic heterocycles. The highest BCUT2D eigenvalue weighted by Gasteiger charge is 2.27. The second kappa shape index (κ2) is 7.90. The van der Waals surface area contributed by atoms with Gasteiger partial charge in [0.05, 0.1) is 4.88 Å². The number of quaternary nitrogens is 1. The maximum absolute atomic E-state index is 12.1. The highest BCUT2D eigenvalue weighted by atomic mass is 32.1. The lowest BCUT2D eigenvalue weighted by molar-refractivity contribution is -0.908. The van der Waals surface area contributed by atoms with E-state index in [4.69, 9.17) is 4.74 Å². The van der Waals surface area contributed by atoms with Gasteiger partial charge in [0, 0.05) is 12.6 Å². The van der Waals surface area contributed by atoms with E-state index in [1.165, 1.54) is 4.88 Å². The first-order valence-corrected chi connectivity index (χ1v) is 9.15. The van der Waals surface area contributed by atoms with Gasteiger partial charge in [0.2, 0.25) is 0 Å². The molecular weight excluding hydrogens is 314 g/mol. The number of imide groups is 1. The zero-order chi connectivity index (χ0) is 16.1. The molecule has 3 rings (SSSR count). The number of carbonyl (C=O) groups excluding carboxylic acids is 2. The SMILES string of the molecule is O=C(C[NH+](Cc1cccs1)C[C@@H]1CCCO1)NC(=O)NC1CC1. The van der Waals surface area contributed by atoms with E-state index in [1.54, 1.807) is 11.3 Å². The number of hydrogen-bond acceptors (Lipinski definition) is 4. The Hall–Kier alpha value is -1.44. The number of urea groups is 1. The van der Waals surface area contributed by atoms with Crippen molar-refractivity contribution >= 4 is 23.3 Å². The summed E-state index contributed by atoms with van der Waals surface area (Å²) in [5, 5.41) is 7.26. The van der Waals surface area contributed by atoms with Crippen molar-refractivity contribution in [3.8, 4) is 0 Å². The molecule has 2 fully saturated rings. The predicted molar refractivity (Wildman–Crippen MR) is 87.4 cm³/mol. The zero-order valence-corrected chi connectivity index (χ0v) is 14.0. The number of nitrogens with one attached hydrogen (secondary N) is 3. The normalized spacial score (nSPS) is 21.8. The standard InChI is InChI=1S/C16H23N3O3S/c20-15(18-16(21)17-12-5-6-12)11-19(9-13-3-1-7-22-13)10-14-4-2-8-23-14/h2,4,8,12-13H,1,3,5-7,9-11H2,(H2,17,18,20,21)/p+1/t13-/m0/s1. The largest absolute Gasteiger partial charge is 0.372 e. The van der Waals surface area contributed by atoms with E-state index in [0.29, 0.717) is 0 Å². The van der Waals surface area contributed by atoms with E-state index in [0.717, 1.165) is 50.3 Å². The molecule has 126 valence electrons. The summed E-state index contributed by atoms with van der Waals surface area (Å²) in [5.41, 5.74) is 0. The van der Waals surface area contributed by atoms with Crippen molar-refractivity contribution in [1.82, 2.24) is 10.6 Å². The van der Waals surface area contributed by atoms with E-state index in [1.807, 2.05) is 11.4 Å². The van der Waals surface area contributed by atoms with E-state index < -0.39 is 0 Å². The lowest BCUT2D eigenvalue weighted by Gasteiger charge is -2.21. The molecular formula is C16H24N3O3S+. The molecule has 6 nitrogen and oxygen atoms in total. The summed E-state index contributed by atoms with van der Waals surface area (Å²) < 4.78 is 5.70. The average Bonchev–Trinajstić information content (AvgIpc) is 2.97. The van der Waals surface area contributed by atoms with Crippen LogP contribution in [-0.4, -0.2) is 43.8 Å². The minimum absolute atomic E-state index is 0.220. The van der Waals surface area contributed by atoms with Gasteiger partial charge in [-0.2, -0.15) is 0 Å². The van der Waals surface area contributed by atoms with E-state index in [9.17, 15) is 9.59 Å². The Balaban J connectivity index is 1.50. The topological polar surface area (TPSA) is 71.9 Å². The molecule has 0 aromatic carbocycles. The Morgan fingerprint density at radius 3 is 2.87 bits per heavy atom. The molecule has 2 atom stereocenters. The molecule has 7 heteroatoms. The summed E-state index contributed by atoms with van der Waals surface area (Å²) in [5.74, 6) is -0.229. The van der Waals surface area contributed by atoms with Crippen molar-refractivity contribution in [2.45, 2.75) is 44.4 Å². The van der Waals surface area contributed by atoms with Gasteiger partial charge in [0.25, 0.3) is 5.91 Å². The number of amides is 3. The molecule has 1 aliphatic carbocycles. The summed E-state index contributed by atoms with van der Waals surface area (Å²) in [6.07, 6.45) is 4.38. The monoisotopic (exact) mass is 338 g/mol. The summed E-state index contributed by atoms with van der Waals surface area (Å²) >= 11 is 1.69. The first kappa shape index (κ1) is 16.4. The van der Waals surface area contributed by atoms with Crippen molar-refractivity contribution in [2.24, 2.45) is 0 Å². The van der Waals surface area contributed by atoms with E-state index >= 15 is 0 Å². The van der Waals surface area contributed by atoms with Gasteiger partial charge in [-0.1, -0.05) is 6.07 Å². The Labute approximate surface area is 140 Å². The molecule has 0 spiro atoms. The van der Waals surface area contributed by atoms with E-state index in [-0.39, 0.29) is 30.6 Å². The van der Waals surface area contributed by atoms with Crippen LogP contribution in [0.2, 0.25) is 0 Å². The van der Waals surface area contributed by atoms with Crippen LogP contribution in [-0.2, 0) is 16.1 Å². The predicted octanol–water partition coefficient (Wildman–Crippen LogP) is 0.300. The van der Waals surface area contributed by atoms with Gasteiger partial charge in [0.15, 0.2) is 6.54 Å². The molecule has 1 saturated carbocycles. The molecule has 3 amide bonds. The van der Waals surface area contributed by atoms with Gasteiger partial charge in [-0.3, -0.25) is 10.1 Å². The first-order chi connectivity index (χ1) is 11.2. The van der Waals surface area contributed by atoms with Gasteiger partial charge in [-0.15, -0.1) is 11.3 Å². The van der Waals surface area contributed by atoms with Crippen molar-refractivity contribution in [2.75, 3.05) is 19.7 Å². The number of ether oxygens (including phenoxy) is 1. The van der Waals surface area contributed by atoms with Gasteiger partial charge in [0.1, 0.15) is 19.2 Å². The van der Waals surface area contributed by atoms with Crippen molar-refractivity contribution in [1.29, 1.82) is 0 Å². The van der Waals surface area contributed by atoms with Crippen molar-refractivity contribution in [3.05, 3.63) is 22.4 Å². The fourth-order valence-electron chi connectivity index (χ4n) is 2.84. The van der Waals surface area contributed by atoms with Crippen molar-refractivity contribution in [3.63, 3.8) is 0 Å². The highest BCUT2D eigenvalue weighted by Crippen LogP contribution is 2.18. The minimum atomic E-state index is -0.370. The fourth-order valence-corrected chi connectivity index (χ4v) is 3.62. The third-order valence-electron chi connectivity index (χ3n) is 4.12. The third-order valence-corrected chi connectivity index (χ3v) is 5.00. The number of rotatable bonds is 7. The third kappa shape index (κ3) is 5.60. The Bertz CT molecular complexity index is 525. The van der Waals surface area contributed by atoms with Gasteiger partial charge < -0.3 is 15.0 Å². The molecule has 0 radical (unpaired) electrons. The Morgan fingerprint density at radius 2 is 2.22 bits per heavy atom. The lowest BCUT2D eigenvalue weighted by atomic mass is 10.2. The summed E-state index contributed by atoms with van der Waals surface area (Å²) in [6.45, 7) is 2.69. The number of thiophene rings is 1. The maximum atomic E-state index is 12.1. The number of hydrogen-bond donors (Lipinski definition) is 3. The molecule has 1 unspecified atom stereocenters. The Kier molecular flexibility index (Phi) is 5.64. The van der Waals surface area contributed by atoms with Gasteiger partial charge in [-0.25, -0.2) is 4.79 Å². The van der Waals surface area contributed by atoms with Crippen LogP contribution in [0, 0.1) is 0 Å². The van der Waals surface area contributed by atoms with Crippen LogP contribution in [0.3, 0.4) is 0 Å². The van der Waals surface area contributed by atoms with Crippen LogP contribution in [0.1, 0.15) is 30.6 Å². The van der Waals surface area contributed by atoms with Crippen LogP contribution in [0.25, 0.3) is 0 Å². The second-order valence-electron chi connectivity index (χ2n) is 6.32. The smallest absolute Gasteiger partial charge is 0.321 e. The summed E-state index contributed by atoms with van der Waals surface area (Å²) in [4.78, 5) is 26.2. The van der Waals surface area contributed by atoms with Gasteiger partial charge >= 0.3 is 6.03 Å². The molecule has 23 heavy (non-hydrogen) atoms. The quantitative estimate of drug-likeness (QED) is 0.670. The van der Waals surface area contributed by atoms with Crippen LogP contribution in [0.5, 0.6) is 0 Å². The van der Waals surface area contributed by atoms with Crippen LogP contribution in [0.4, 0.5) is 4.79 Å². The molecule has 1 saturated heterocycles. The van der Waals surface area contributed by atoms with Crippen LogP contribution < -0.4 is 15.5 Å². The second-order valence-corrected chi connectivity index (χ2v) is 7.35. The maximum Gasteiger partial charge on any atom is 0.321 e. The fraction of sp³-hybridized carbons (Fsp3) is 0.625. The highest BCUT2D eigenvalue weighted by molar-refractivity contribution is 7.09.